The Morgan fingerprint density at radius 2 is 1.92 bits per heavy atom. The van der Waals surface area contributed by atoms with Crippen molar-refractivity contribution in [1.82, 2.24) is 19.9 Å². The summed E-state index contributed by atoms with van der Waals surface area (Å²) in [6, 6.07) is 6.90. The minimum absolute atomic E-state index is 0.134. The van der Waals surface area contributed by atoms with Crippen LogP contribution in [-0.2, 0) is 4.74 Å². The lowest BCUT2D eigenvalue weighted by Crippen LogP contribution is -2.30. The molecule has 0 spiro atoms. The number of methoxy groups -OCH3 is 1. The molecule has 4 rings (SSSR count). The highest BCUT2D eigenvalue weighted by molar-refractivity contribution is 6.05. The molecule has 25 heavy (non-hydrogen) atoms. The molecule has 1 saturated heterocycles. The molecule has 0 radical (unpaired) electrons. The molecule has 1 atom stereocenters. The normalized spacial score (nSPS) is 19.9. The van der Waals surface area contributed by atoms with Gasteiger partial charge in [-0.1, -0.05) is 17.3 Å². The van der Waals surface area contributed by atoms with E-state index in [9.17, 15) is 9.59 Å². The maximum atomic E-state index is 12.9. The molecule has 0 N–H and O–H groups in total. The van der Waals surface area contributed by atoms with E-state index in [1.807, 2.05) is 10.9 Å². The lowest BCUT2D eigenvalue weighted by molar-refractivity contribution is 0.0591. The number of hydrogen-bond donors (Lipinski definition) is 0. The van der Waals surface area contributed by atoms with Gasteiger partial charge in [0.1, 0.15) is 0 Å². The first kappa shape index (κ1) is 15.8. The van der Waals surface area contributed by atoms with Crippen LogP contribution in [0.1, 0.15) is 57.6 Å². The third kappa shape index (κ3) is 3.01. The smallest absolute Gasteiger partial charge is 0.338 e. The largest absolute Gasteiger partial charge is 0.465 e. The van der Waals surface area contributed by atoms with Crippen LogP contribution in [-0.4, -0.2) is 52.0 Å². The fourth-order valence-electron chi connectivity index (χ4n) is 3.31. The number of carbonyl (C=O) groups is 2. The van der Waals surface area contributed by atoms with Crippen LogP contribution in [0.2, 0.25) is 0 Å². The van der Waals surface area contributed by atoms with Gasteiger partial charge in [0.05, 0.1) is 30.0 Å². The first-order chi connectivity index (χ1) is 12.2. The number of aromatic nitrogens is 3. The Morgan fingerprint density at radius 3 is 2.64 bits per heavy atom. The molecule has 1 aliphatic carbocycles. The number of benzene rings is 1. The van der Waals surface area contributed by atoms with Crippen molar-refractivity contribution in [3.8, 4) is 0 Å². The monoisotopic (exact) mass is 340 g/mol. The summed E-state index contributed by atoms with van der Waals surface area (Å²) in [5.74, 6) is -0.0732. The minimum atomic E-state index is -0.495. The van der Waals surface area contributed by atoms with Crippen molar-refractivity contribution in [2.24, 2.45) is 0 Å². The second-order valence-electron chi connectivity index (χ2n) is 6.63. The quantitative estimate of drug-likeness (QED) is 0.796. The highest BCUT2D eigenvalue weighted by Crippen LogP contribution is 2.39. The van der Waals surface area contributed by atoms with Crippen LogP contribution in [0.4, 0.5) is 0 Å². The van der Waals surface area contributed by atoms with E-state index in [1.165, 1.54) is 20.0 Å². The van der Waals surface area contributed by atoms with E-state index in [1.54, 1.807) is 29.2 Å². The van der Waals surface area contributed by atoms with E-state index in [-0.39, 0.29) is 11.9 Å². The summed E-state index contributed by atoms with van der Waals surface area (Å²) in [5.41, 5.74) is 1.74. The van der Waals surface area contributed by atoms with Crippen molar-refractivity contribution in [2.75, 3.05) is 20.2 Å². The number of hydrogen-bond acceptors (Lipinski definition) is 5. The van der Waals surface area contributed by atoms with Gasteiger partial charge in [-0.15, -0.1) is 5.10 Å². The Balaban J connectivity index is 1.49. The van der Waals surface area contributed by atoms with Crippen LogP contribution in [0.15, 0.2) is 30.5 Å². The lowest BCUT2D eigenvalue weighted by Gasteiger charge is -2.18. The van der Waals surface area contributed by atoms with Gasteiger partial charge in [0, 0.05) is 25.2 Å². The molecule has 7 nitrogen and oxygen atoms in total. The van der Waals surface area contributed by atoms with Gasteiger partial charge in [-0.25, -0.2) is 9.48 Å². The van der Waals surface area contributed by atoms with Gasteiger partial charge >= 0.3 is 5.97 Å². The van der Waals surface area contributed by atoms with Crippen LogP contribution in [0.5, 0.6) is 0 Å². The molecule has 2 aromatic rings. The van der Waals surface area contributed by atoms with Crippen LogP contribution in [0.25, 0.3) is 0 Å². The predicted molar refractivity (Wildman–Crippen MR) is 89.3 cm³/mol. The number of ether oxygens (including phenoxy) is 1. The summed E-state index contributed by atoms with van der Waals surface area (Å²) in [7, 11) is 1.32. The van der Waals surface area contributed by atoms with Crippen molar-refractivity contribution in [1.29, 1.82) is 0 Å². The number of likely N-dealkylation sites (tertiary alicyclic amines) is 1. The summed E-state index contributed by atoms with van der Waals surface area (Å²) in [6.45, 7) is 1.21. The molecule has 2 heterocycles. The Labute approximate surface area is 145 Å². The van der Waals surface area contributed by atoms with E-state index < -0.39 is 5.97 Å². The Hall–Kier alpha value is -2.70. The van der Waals surface area contributed by atoms with E-state index >= 15 is 0 Å². The van der Waals surface area contributed by atoms with E-state index in [0.717, 1.165) is 12.1 Å². The van der Waals surface area contributed by atoms with Crippen molar-refractivity contribution >= 4 is 11.9 Å². The average molecular weight is 340 g/mol. The van der Waals surface area contributed by atoms with Crippen LogP contribution in [0, 0.1) is 0 Å². The van der Waals surface area contributed by atoms with Crippen molar-refractivity contribution in [3.05, 3.63) is 47.3 Å². The number of esters is 1. The van der Waals surface area contributed by atoms with Crippen molar-refractivity contribution in [3.63, 3.8) is 0 Å². The van der Waals surface area contributed by atoms with Gasteiger partial charge in [0.25, 0.3) is 5.91 Å². The number of carbonyl (C=O) groups excluding carboxylic acids is 2. The SMILES string of the molecule is COC(=O)c1ccccc1C(=O)N1CC[C@@H](n2cc(C3CC3)nn2)C1. The molecule has 1 aliphatic heterocycles. The summed E-state index contributed by atoms with van der Waals surface area (Å²) < 4.78 is 6.66. The van der Waals surface area contributed by atoms with Gasteiger partial charge in [0.15, 0.2) is 0 Å². The van der Waals surface area contributed by atoms with E-state index in [0.29, 0.717) is 30.1 Å². The van der Waals surface area contributed by atoms with Gasteiger partial charge in [-0.05, 0) is 31.4 Å². The fraction of sp³-hybridized carbons (Fsp3) is 0.444. The summed E-state index contributed by atoms with van der Waals surface area (Å²) >= 11 is 0. The van der Waals surface area contributed by atoms with Gasteiger partial charge in [-0.3, -0.25) is 4.79 Å². The molecule has 7 heteroatoms. The maximum Gasteiger partial charge on any atom is 0.338 e. The number of amides is 1. The molecular weight excluding hydrogens is 320 g/mol. The van der Waals surface area contributed by atoms with Gasteiger partial charge < -0.3 is 9.64 Å². The predicted octanol–water partition coefficient (Wildman–Crippen LogP) is 2.03. The molecule has 2 fully saturated rings. The summed E-state index contributed by atoms with van der Waals surface area (Å²) in [5, 5.41) is 8.49. The number of rotatable bonds is 4. The Kier molecular flexibility index (Phi) is 3.99. The first-order valence-corrected chi connectivity index (χ1v) is 8.55. The van der Waals surface area contributed by atoms with Gasteiger partial charge in [0.2, 0.25) is 0 Å². The molecule has 0 bridgehead atoms. The molecule has 0 unspecified atom stereocenters. The molecule has 130 valence electrons. The average Bonchev–Trinajstić information content (AvgIpc) is 3.18. The minimum Gasteiger partial charge on any atom is -0.465 e. The molecule has 1 saturated carbocycles. The third-order valence-electron chi connectivity index (χ3n) is 4.91. The van der Waals surface area contributed by atoms with Gasteiger partial charge in [-0.2, -0.15) is 0 Å². The Bertz CT molecular complexity index is 812. The lowest BCUT2D eigenvalue weighted by atomic mass is 10.1. The summed E-state index contributed by atoms with van der Waals surface area (Å²) in [6.07, 6.45) is 5.23. The van der Waals surface area contributed by atoms with E-state index in [4.69, 9.17) is 4.74 Å². The zero-order chi connectivity index (χ0) is 17.4. The molecule has 1 amide bonds. The van der Waals surface area contributed by atoms with Crippen molar-refractivity contribution in [2.45, 2.75) is 31.2 Å². The van der Waals surface area contributed by atoms with Crippen LogP contribution < -0.4 is 0 Å². The van der Waals surface area contributed by atoms with E-state index in [2.05, 4.69) is 10.3 Å². The zero-order valence-electron chi connectivity index (χ0n) is 14.1. The Morgan fingerprint density at radius 1 is 1.16 bits per heavy atom. The summed E-state index contributed by atoms with van der Waals surface area (Å²) in [4.78, 5) is 26.5. The van der Waals surface area contributed by atoms with Crippen LogP contribution in [0.3, 0.4) is 0 Å². The fourth-order valence-corrected chi connectivity index (χ4v) is 3.31. The maximum absolute atomic E-state index is 12.9. The molecule has 1 aromatic carbocycles. The zero-order valence-corrected chi connectivity index (χ0v) is 14.1. The topological polar surface area (TPSA) is 77.3 Å². The number of nitrogens with zero attached hydrogens (tertiary/aromatic N) is 4. The van der Waals surface area contributed by atoms with Crippen molar-refractivity contribution < 1.29 is 14.3 Å². The third-order valence-corrected chi connectivity index (χ3v) is 4.91. The highest BCUT2D eigenvalue weighted by Gasteiger charge is 2.32. The molecule has 2 aliphatic rings. The molecular formula is C18H20N4O3. The second kappa shape index (κ2) is 6.31. The van der Waals surface area contributed by atoms with Crippen LogP contribution >= 0.6 is 0 Å². The second-order valence-corrected chi connectivity index (χ2v) is 6.63. The first-order valence-electron chi connectivity index (χ1n) is 8.55. The standard InChI is InChI=1S/C18H20N4O3/c1-25-18(24)15-5-3-2-4-14(15)17(23)21-9-8-13(10-21)22-11-16(19-20-22)12-6-7-12/h2-5,11-13H,6-10H2,1H3/t13-/m1/s1. The molecule has 1 aromatic heterocycles. The highest BCUT2D eigenvalue weighted by atomic mass is 16.5.